The molecule has 242 valence electrons. The molecule has 0 aliphatic heterocycles. The normalized spacial score (nSPS) is 20.5. The molecular weight excluding hydrogens is 605 g/mol. The molecule has 0 fully saturated rings. The highest BCUT2D eigenvalue weighted by Crippen LogP contribution is 2.46. The van der Waals surface area contributed by atoms with Crippen LogP contribution in [0.1, 0.15) is 38.5 Å². The van der Waals surface area contributed by atoms with Crippen molar-refractivity contribution in [2.75, 3.05) is 0 Å². The van der Waals surface area contributed by atoms with Gasteiger partial charge in [-0.2, -0.15) is 0 Å². The molecule has 2 nitrogen and oxygen atoms in total. The third kappa shape index (κ3) is 4.70. The van der Waals surface area contributed by atoms with Gasteiger partial charge in [-0.1, -0.05) is 121 Å². The number of hydrogen-bond donors (Lipinski definition) is 0. The van der Waals surface area contributed by atoms with E-state index in [0.29, 0.717) is 11.8 Å². The number of aromatic nitrogens is 2. The fourth-order valence-corrected chi connectivity index (χ4v) is 9.06. The Balaban J connectivity index is 1.21. The number of allylic oxidation sites excluding steroid dienone is 16. The fraction of sp³-hybridized carbons (Fsp3) is 0.167. The Kier molecular flexibility index (Phi) is 7.08. The van der Waals surface area contributed by atoms with Crippen LogP contribution in [0.4, 0.5) is 0 Å². The largest absolute Gasteiger partial charge is 0.313 e. The smallest absolute Gasteiger partial charge is 0.0544 e. The lowest BCUT2D eigenvalue weighted by atomic mass is 9.78. The van der Waals surface area contributed by atoms with Crippen molar-refractivity contribution < 1.29 is 0 Å². The Hall–Kier alpha value is -5.60. The van der Waals surface area contributed by atoms with Crippen molar-refractivity contribution in [3.05, 3.63) is 169 Å². The summed E-state index contributed by atoms with van der Waals surface area (Å²) in [7, 11) is 0. The maximum atomic E-state index is 2.59. The van der Waals surface area contributed by atoms with Gasteiger partial charge in [-0.15, -0.1) is 0 Å². The second-order valence-electron chi connectivity index (χ2n) is 14.2. The van der Waals surface area contributed by atoms with Gasteiger partial charge in [-0.3, -0.25) is 0 Å². The van der Waals surface area contributed by atoms with E-state index >= 15 is 0 Å². The van der Waals surface area contributed by atoms with Crippen LogP contribution < -0.4 is 0 Å². The number of nitrogens with zero attached hydrogens (tertiary/aromatic N) is 2. The minimum Gasteiger partial charge on any atom is -0.313 e. The molecular formula is C48H40N2. The van der Waals surface area contributed by atoms with Crippen molar-refractivity contribution in [2.45, 2.75) is 38.5 Å². The van der Waals surface area contributed by atoms with Crippen molar-refractivity contribution >= 4 is 55.0 Å². The minimum atomic E-state index is 0.436. The third-order valence-electron chi connectivity index (χ3n) is 11.3. The molecule has 0 radical (unpaired) electrons. The van der Waals surface area contributed by atoms with E-state index in [0.717, 1.165) is 38.5 Å². The zero-order chi connectivity index (χ0) is 33.0. The first-order chi connectivity index (χ1) is 24.8. The van der Waals surface area contributed by atoms with Crippen molar-refractivity contribution in [1.29, 1.82) is 0 Å². The standard InChI is InChI=1S/C48H40N2/c1-4-16-33(17-5-1)35-30-36(34-18-6-2-7-19-34)32-38(31-35)50-44-27-13-11-23-42(44)48-40(25-15-29-46(48)50)39-24-14-28-45-47(39)41-22-10-12-26-43(41)49(45)37-20-8-3-9-21-37/h1,3-6,8,10-16,18-20,22-30,32-33,35H,2,7,9,17,21,31H2. The van der Waals surface area contributed by atoms with E-state index in [9.17, 15) is 0 Å². The molecule has 0 N–H and O–H groups in total. The number of fused-ring (bicyclic) bond motifs is 6. The summed E-state index contributed by atoms with van der Waals surface area (Å²) in [4.78, 5) is 0. The van der Waals surface area contributed by atoms with Crippen LogP contribution in [0.15, 0.2) is 169 Å². The number of benzene rings is 4. The molecule has 4 aromatic carbocycles. The molecule has 0 bridgehead atoms. The Labute approximate surface area is 293 Å². The second-order valence-corrected chi connectivity index (χ2v) is 14.2. The Morgan fingerprint density at radius 3 is 1.88 bits per heavy atom. The highest BCUT2D eigenvalue weighted by Gasteiger charge is 2.27. The van der Waals surface area contributed by atoms with Crippen LogP contribution >= 0.6 is 0 Å². The van der Waals surface area contributed by atoms with Crippen LogP contribution in [-0.2, 0) is 0 Å². The first kappa shape index (κ1) is 29.3. The zero-order valence-electron chi connectivity index (χ0n) is 28.3. The third-order valence-corrected chi connectivity index (χ3v) is 11.3. The van der Waals surface area contributed by atoms with Crippen LogP contribution in [0.5, 0.6) is 0 Å². The minimum absolute atomic E-state index is 0.436. The number of rotatable bonds is 5. The van der Waals surface area contributed by atoms with E-state index in [1.54, 1.807) is 0 Å². The van der Waals surface area contributed by atoms with Gasteiger partial charge in [0, 0.05) is 32.9 Å². The first-order valence-corrected chi connectivity index (χ1v) is 18.4. The van der Waals surface area contributed by atoms with Gasteiger partial charge in [-0.05, 0) is 109 Å². The summed E-state index contributed by atoms with van der Waals surface area (Å²) in [6, 6.07) is 31.9. The molecule has 2 heterocycles. The summed E-state index contributed by atoms with van der Waals surface area (Å²) >= 11 is 0. The fourth-order valence-electron chi connectivity index (χ4n) is 9.06. The number of para-hydroxylation sites is 2. The van der Waals surface area contributed by atoms with E-state index in [1.165, 1.54) is 77.3 Å². The van der Waals surface area contributed by atoms with E-state index in [4.69, 9.17) is 0 Å². The monoisotopic (exact) mass is 644 g/mol. The molecule has 0 spiro atoms. The molecule has 6 aromatic rings. The summed E-state index contributed by atoms with van der Waals surface area (Å²) < 4.78 is 5.09. The predicted molar refractivity (Wildman–Crippen MR) is 214 cm³/mol. The van der Waals surface area contributed by atoms with E-state index < -0.39 is 0 Å². The lowest BCUT2D eigenvalue weighted by molar-refractivity contribution is 0.476. The molecule has 50 heavy (non-hydrogen) atoms. The van der Waals surface area contributed by atoms with Gasteiger partial charge in [0.05, 0.1) is 22.1 Å². The van der Waals surface area contributed by atoms with Crippen LogP contribution in [-0.4, -0.2) is 9.13 Å². The Morgan fingerprint density at radius 1 is 0.540 bits per heavy atom. The molecule has 0 amide bonds. The quantitative estimate of drug-likeness (QED) is 0.177. The second kappa shape index (κ2) is 12.1. The summed E-state index contributed by atoms with van der Waals surface area (Å²) in [5.74, 6) is 0.936. The van der Waals surface area contributed by atoms with Crippen molar-refractivity contribution in [1.82, 2.24) is 9.13 Å². The van der Waals surface area contributed by atoms with Gasteiger partial charge in [0.1, 0.15) is 0 Å². The van der Waals surface area contributed by atoms with Gasteiger partial charge >= 0.3 is 0 Å². The van der Waals surface area contributed by atoms with Crippen LogP contribution in [0.25, 0.3) is 66.1 Å². The van der Waals surface area contributed by atoms with Gasteiger partial charge in [0.25, 0.3) is 0 Å². The highest BCUT2D eigenvalue weighted by atomic mass is 15.0. The summed E-state index contributed by atoms with van der Waals surface area (Å²) in [6.07, 6.45) is 34.6. The van der Waals surface area contributed by atoms with Gasteiger partial charge in [0.2, 0.25) is 0 Å². The summed E-state index contributed by atoms with van der Waals surface area (Å²) in [5.41, 5.74) is 13.2. The van der Waals surface area contributed by atoms with Crippen LogP contribution in [0.3, 0.4) is 0 Å². The van der Waals surface area contributed by atoms with Gasteiger partial charge < -0.3 is 9.13 Å². The maximum absolute atomic E-state index is 2.59. The molecule has 2 atom stereocenters. The van der Waals surface area contributed by atoms with Gasteiger partial charge in [0.15, 0.2) is 0 Å². The molecule has 0 saturated carbocycles. The lowest BCUT2D eigenvalue weighted by Crippen LogP contribution is -2.17. The molecule has 10 rings (SSSR count). The van der Waals surface area contributed by atoms with Crippen LogP contribution in [0, 0.1) is 11.8 Å². The first-order valence-electron chi connectivity index (χ1n) is 18.4. The van der Waals surface area contributed by atoms with Crippen molar-refractivity contribution in [2.24, 2.45) is 11.8 Å². The van der Waals surface area contributed by atoms with Crippen LogP contribution in [0.2, 0.25) is 0 Å². The van der Waals surface area contributed by atoms with E-state index in [-0.39, 0.29) is 0 Å². The molecule has 2 heteroatoms. The molecule has 4 aliphatic rings. The molecule has 2 aromatic heterocycles. The average Bonchev–Trinajstić information content (AvgIpc) is 3.72. The molecule has 0 saturated heterocycles. The predicted octanol–water partition coefficient (Wildman–Crippen LogP) is 13.0. The van der Waals surface area contributed by atoms with Crippen molar-refractivity contribution in [3.63, 3.8) is 0 Å². The number of hydrogen-bond acceptors (Lipinski definition) is 0. The Morgan fingerprint density at radius 2 is 1.24 bits per heavy atom. The average molecular weight is 645 g/mol. The zero-order valence-corrected chi connectivity index (χ0v) is 28.3. The lowest BCUT2D eigenvalue weighted by Gasteiger charge is -2.29. The summed E-state index contributed by atoms with van der Waals surface area (Å²) in [5, 5.41) is 5.28. The van der Waals surface area contributed by atoms with E-state index in [2.05, 4.69) is 167 Å². The Bertz CT molecular complexity index is 2600. The molecule has 2 unspecified atom stereocenters. The summed E-state index contributed by atoms with van der Waals surface area (Å²) in [6.45, 7) is 0. The van der Waals surface area contributed by atoms with E-state index in [1.807, 2.05) is 0 Å². The SMILES string of the molecule is C1=CCCC(n2c3ccccc3c3c(-c4cccc5c4c4ccccc4n5C4=CC(C5=CCCC=C5)=CC(C5C=CC=CC5)C4)cccc32)=C1. The highest BCUT2D eigenvalue weighted by molar-refractivity contribution is 6.22. The van der Waals surface area contributed by atoms with Gasteiger partial charge in [-0.25, -0.2) is 0 Å². The topological polar surface area (TPSA) is 9.86 Å². The molecule has 4 aliphatic carbocycles. The van der Waals surface area contributed by atoms with Crippen molar-refractivity contribution in [3.8, 4) is 11.1 Å². The maximum Gasteiger partial charge on any atom is 0.0544 e.